The number of benzene rings is 3. The van der Waals surface area contributed by atoms with E-state index in [9.17, 15) is 9.59 Å². The van der Waals surface area contributed by atoms with Gasteiger partial charge in [0, 0.05) is 16.8 Å². The minimum absolute atomic E-state index is 0. The van der Waals surface area contributed by atoms with E-state index in [1.165, 1.54) is 0 Å². The first-order valence-electron chi connectivity index (χ1n) is 9.47. The summed E-state index contributed by atoms with van der Waals surface area (Å²) in [6, 6.07) is 21.3. The molecule has 0 aliphatic carbocycles. The number of carbonyl (C=O) groups excluding carboxylic acids is 1. The zero-order valence-electron chi connectivity index (χ0n) is 16.4. The molecule has 1 amide bonds. The maximum Gasteiger partial charge on any atom is 0.320 e. The van der Waals surface area contributed by atoms with Gasteiger partial charge < -0.3 is 20.9 Å². The number of amides is 1. The van der Waals surface area contributed by atoms with Crippen molar-refractivity contribution in [1.82, 2.24) is 0 Å². The summed E-state index contributed by atoms with van der Waals surface area (Å²) in [5.41, 5.74) is 9.62. The summed E-state index contributed by atoms with van der Waals surface area (Å²) in [5.74, 6) is 0.157. The van der Waals surface area contributed by atoms with E-state index in [1.807, 2.05) is 54.6 Å². The molecule has 0 fully saturated rings. The van der Waals surface area contributed by atoms with Gasteiger partial charge in [0.25, 0.3) is 5.91 Å². The molecule has 1 atom stereocenters. The third-order valence-corrected chi connectivity index (χ3v) is 4.83. The van der Waals surface area contributed by atoms with E-state index in [-0.39, 0.29) is 24.7 Å². The number of nitrogens with two attached hydrogens (primary N) is 1. The van der Waals surface area contributed by atoms with Gasteiger partial charge in [-0.15, -0.1) is 12.4 Å². The van der Waals surface area contributed by atoms with Crippen LogP contribution in [0.4, 0.5) is 5.69 Å². The average molecular weight is 437 g/mol. The summed E-state index contributed by atoms with van der Waals surface area (Å²) in [5, 5.41) is 11.8. The van der Waals surface area contributed by atoms with Gasteiger partial charge in [-0.25, -0.2) is 0 Å². The van der Waals surface area contributed by atoms with Gasteiger partial charge in [0.2, 0.25) is 0 Å². The lowest BCUT2D eigenvalue weighted by molar-refractivity contribution is -0.138. The van der Waals surface area contributed by atoms with Gasteiger partial charge in [-0.05, 0) is 54.0 Å². The van der Waals surface area contributed by atoms with Gasteiger partial charge in [0.15, 0.2) is 0 Å². The van der Waals surface area contributed by atoms with Crippen LogP contribution >= 0.6 is 12.4 Å². The number of carboxylic acids is 1. The fourth-order valence-electron chi connectivity index (χ4n) is 3.25. The highest BCUT2D eigenvalue weighted by atomic mass is 35.5. The molecule has 6 nitrogen and oxygen atoms in total. The normalized spacial score (nSPS) is 14.4. The van der Waals surface area contributed by atoms with Gasteiger partial charge in [-0.1, -0.05) is 42.5 Å². The number of fused-ring (bicyclic) bond motifs is 1. The number of halogens is 1. The SMILES string of the molecule is Cl.N[C@@H](Cc1ccc(Oc2ccc(/C=C3/C(=O)Nc4ccccc43)cc2)cc1)C(=O)O. The fraction of sp³-hybridized carbons (Fsp3) is 0.0833. The summed E-state index contributed by atoms with van der Waals surface area (Å²) in [7, 11) is 0. The lowest BCUT2D eigenvalue weighted by atomic mass is 10.0. The highest BCUT2D eigenvalue weighted by Crippen LogP contribution is 2.33. The van der Waals surface area contributed by atoms with Crippen molar-refractivity contribution in [3.05, 3.63) is 89.5 Å². The molecule has 0 saturated heterocycles. The number of carbonyl (C=O) groups is 2. The molecule has 0 radical (unpaired) electrons. The topological polar surface area (TPSA) is 102 Å². The Hall–Kier alpha value is -3.61. The zero-order chi connectivity index (χ0) is 21.1. The van der Waals surface area contributed by atoms with E-state index in [2.05, 4.69) is 5.32 Å². The largest absolute Gasteiger partial charge is 0.480 e. The maximum absolute atomic E-state index is 12.2. The standard InChI is InChI=1S/C24H20N2O4.ClH/c25-21(24(28)29)14-16-7-11-18(12-8-16)30-17-9-5-15(6-10-17)13-20-19-3-1-2-4-22(19)26-23(20)27;/h1-13,21H,14,25H2,(H,26,27)(H,28,29);1H/b20-13+;/t21-;/m0./s1. The molecular formula is C24H21ClN2O4. The summed E-state index contributed by atoms with van der Waals surface area (Å²) in [6.07, 6.45) is 2.11. The first-order chi connectivity index (χ1) is 14.5. The summed E-state index contributed by atoms with van der Waals surface area (Å²) >= 11 is 0. The molecule has 31 heavy (non-hydrogen) atoms. The van der Waals surface area contributed by atoms with E-state index in [1.54, 1.807) is 24.3 Å². The van der Waals surface area contributed by atoms with E-state index in [0.717, 1.165) is 22.4 Å². The molecule has 0 unspecified atom stereocenters. The first kappa shape index (κ1) is 22.1. The molecule has 1 heterocycles. The van der Waals surface area contributed by atoms with Gasteiger partial charge in [-0.3, -0.25) is 9.59 Å². The minimum atomic E-state index is -1.02. The monoisotopic (exact) mass is 436 g/mol. The highest BCUT2D eigenvalue weighted by molar-refractivity contribution is 6.34. The molecule has 4 rings (SSSR count). The molecule has 1 aliphatic heterocycles. The Morgan fingerprint density at radius 3 is 2.26 bits per heavy atom. The van der Waals surface area contributed by atoms with Crippen molar-refractivity contribution in [1.29, 1.82) is 0 Å². The van der Waals surface area contributed by atoms with Crippen LogP contribution in [0.5, 0.6) is 11.5 Å². The van der Waals surface area contributed by atoms with E-state index < -0.39 is 12.0 Å². The second-order valence-corrected chi connectivity index (χ2v) is 7.02. The van der Waals surface area contributed by atoms with E-state index in [4.69, 9.17) is 15.6 Å². The smallest absolute Gasteiger partial charge is 0.320 e. The Kier molecular flexibility index (Phi) is 6.74. The van der Waals surface area contributed by atoms with Crippen LogP contribution < -0.4 is 15.8 Å². The van der Waals surface area contributed by atoms with Gasteiger partial charge in [-0.2, -0.15) is 0 Å². The number of anilines is 1. The average Bonchev–Trinajstić information content (AvgIpc) is 3.06. The van der Waals surface area contributed by atoms with Gasteiger partial charge in [0.05, 0.1) is 0 Å². The fourth-order valence-corrected chi connectivity index (χ4v) is 3.25. The highest BCUT2D eigenvalue weighted by Gasteiger charge is 2.23. The Morgan fingerprint density at radius 1 is 1.00 bits per heavy atom. The predicted octanol–water partition coefficient (Wildman–Crippen LogP) is 4.35. The van der Waals surface area contributed by atoms with Gasteiger partial charge >= 0.3 is 5.97 Å². The van der Waals surface area contributed by atoms with E-state index in [0.29, 0.717) is 17.1 Å². The van der Waals surface area contributed by atoms with Crippen LogP contribution in [0.3, 0.4) is 0 Å². The van der Waals surface area contributed by atoms with Crippen LogP contribution in [0.15, 0.2) is 72.8 Å². The molecule has 4 N–H and O–H groups in total. The van der Waals surface area contributed by atoms with Crippen LogP contribution in [-0.2, 0) is 16.0 Å². The minimum Gasteiger partial charge on any atom is -0.480 e. The van der Waals surface area contributed by atoms with Crippen molar-refractivity contribution >= 4 is 41.6 Å². The van der Waals surface area contributed by atoms with Crippen LogP contribution in [-0.4, -0.2) is 23.0 Å². The Morgan fingerprint density at radius 2 is 1.61 bits per heavy atom. The Labute approximate surface area is 185 Å². The van der Waals surface area contributed by atoms with Crippen molar-refractivity contribution in [2.45, 2.75) is 12.5 Å². The molecule has 3 aromatic rings. The third kappa shape index (κ3) is 5.12. The van der Waals surface area contributed by atoms with Crippen LogP contribution in [0.2, 0.25) is 0 Å². The molecule has 1 aliphatic rings. The number of nitrogens with one attached hydrogen (secondary N) is 1. The summed E-state index contributed by atoms with van der Waals surface area (Å²) in [4.78, 5) is 23.1. The Bertz CT molecular complexity index is 1130. The third-order valence-electron chi connectivity index (χ3n) is 4.83. The predicted molar refractivity (Wildman–Crippen MR) is 122 cm³/mol. The van der Waals surface area contributed by atoms with Crippen molar-refractivity contribution in [3.63, 3.8) is 0 Å². The second kappa shape index (κ2) is 9.47. The van der Waals surface area contributed by atoms with Crippen LogP contribution in [0, 0.1) is 0 Å². The molecule has 0 bridgehead atoms. The number of hydrogen-bond acceptors (Lipinski definition) is 4. The number of hydrogen-bond donors (Lipinski definition) is 3. The molecule has 0 saturated carbocycles. The molecule has 0 aromatic heterocycles. The zero-order valence-corrected chi connectivity index (χ0v) is 17.3. The number of ether oxygens (including phenoxy) is 1. The van der Waals surface area contributed by atoms with E-state index >= 15 is 0 Å². The molecule has 158 valence electrons. The van der Waals surface area contributed by atoms with Crippen molar-refractivity contribution in [2.75, 3.05) is 5.32 Å². The van der Waals surface area contributed by atoms with Crippen LogP contribution in [0.25, 0.3) is 11.6 Å². The molecule has 3 aromatic carbocycles. The number of para-hydroxylation sites is 1. The number of rotatable bonds is 6. The number of carboxylic acid groups (broad SMARTS) is 1. The molecule has 7 heteroatoms. The first-order valence-corrected chi connectivity index (χ1v) is 9.47. The quantitative estimate of drug-likeness (QED) is 0.499. The molecule has 0 spiro atoms. The van der Waals surface area contributed by atoms with Crippen molar-refractivity contribution in [3.8, 4) is 11.5 Å². The lowest BCUT2D eigenvalue weighted by Crippen LogP contribution is -2.32. The van der Waals surface area contributed by atoms with Crippen LogP contribution in [0.1, 0.15) is 16.7 Å². The second-order valence-electron chi connectivity index (χ2n) is 7.02. The Balaban J connectivity index is 0.00000272. The summed E-state index contributed by atoms with van der Waals surface area (Å²) < 4.78 is 5.84. The molecular weight excluding hydrogens is 416 g/mol. The lowest BCUT2D eigenvalue weighted by Gasteiger charge is -2.09. The maximum atomic E-state index is 12.2. The number of aliphatic carboxylic acids is 1. The summed E-state index contributed by atoms with van der Waals surface area (Å²) in [6.45, 7) is 0. The van der Waals surface area contributed by atoms with Crippen molar-refractivity contribution < 1.29 is 19.4 Å². The van der Waals surface area contributed by atoms with Crippen molar-refractivity contribution in [2.24, 2.45) is 5.73 Å². The van der Waals surface area contributed by atoms with Gasteiger partial charge in [0.1, 0.15) is 17.5 Å².